The van der Waals surface area contributed by atoms with E-state index >= 15 is 0 Å². The number of benzene rings is 1. The standard InChI is InChI=1S/C15H23NO2/c1-12-5-3-4-6-14(12)15(11-16-2)18-13-7-9-17-10-8-13/h3-6,13,15-16H,7-11H2,1-2H3. The van der Waals surface area contributed by atoms with Gasteiger partial charge in [0.05, 0.1) is 12.2 Å². The van der Waals surface area contributed by atoms with Crippen LogP contribution in [0.5, 0.6) is 0 Å². The third-order valence-electron chi connectivity index (χ3n) is 3.45. The summed E-state index contributed by atoms with van der Waals surface area (Å²) >= 11 is 0. The maximum atomic E-state index is 6.26. The highest BCUT2D eigenvalue weighted by molar-refractivity contribution is 5.28. The summed E-state index contributed by atoms with van der Waals surface area (Å²) in [4.78, 5) is 0. The van der Waals surface area contributed by atoms with E-state index in [1.165, 1.54) is 11.1 Å². The van der Waals surface area contributed by atoms with Crippen LogP contribution in [0.1, 0.15) is 30.1 Å². The molecule has 1 heterocycles. The van der Waals surface area contributed by atoms with Crippen molar-refractivity contribution < 1.29 is 9.47 Å². The van der Waals surface area contributed by atoms with E-state index in [0.717, 1.165) is 32.6 Å². The lowest BCUT2D eigenvalue weighted by atomic mass is 10.0. The Balaban J connectivity index is 2.05. The van der Waals surface area contributed by atoms with Crippen molar-refractivity contribution in [1.82, 2.24) is 5.32 Å². The molecule has 3 heteroatoms. The average Bonchev–Trinajstić information content (AvgIpc) is 2.40. The minimum Gasteiger partial charge on any atom is -0.381 e. The predicted octanol–water partition coefficient (Wildman–Crippen LogP) is 2.45. The quantitative estimate of drug-likeness (QED) is 0.869. The average molecular weight is 249 g/mol. The van der Waals surface area contributed by atoms with Crippen LogP contribution in [0.2, 0.25) is 0 Å². The molecule has 0 spiro atoms. The van der Waals surface area contributed by atoms with Gasteiger partial charge in [0.15, 0.2) is 0 Å². The zero-order chi connectivity index (χ0) is 12.8. The number of nitrogens with one attached hydrogen (secondary N) is 1. The van der Waals surface area contributed by atoms with Gasteiger partial charge in [0.2, 0.25) is 0 Å². The lowest BCUT2D eigenvalue weighted by molar-refractivity contribution is -0.0686. The topological polar surface area (TPSA) is 30.5 Å². The Kier molecular flexibility index (Phi) is 5.17. The first kappa shape index (κ1) is 13.5. The van der Waals surface area contributed by atoms with E-state index in [4.69, 9.17) is 9.47 Å². The van der Waals surface area contributed by atoms with Crippen LogP contribution in [-0.2, 0) is 9.47 Å². The van der Waals surface area contributed by atoms with Gasteiger partial charge in [-0.2, -0.15) is 0 Å². The lowest BCUT2D eigenvalue weighted by Gasteiger charge is -2.28. The van der Waals surface area contributed by atoms with Crippen molar-refractivity contribution in [3.05, 3.63) is 35.4 Å². The van der Waals surface area contributed by atoms with Crippen molar-refractivity contribution in [2.75, 3.05) is 26.8 Å². The Morgan fingerprint density at radius 3 is 2.72 bits per heavy atom. The molecule has 2 rings (SSSR count). The van der Waals surface area contributed by atoms with Crippen molar-refractivity contribution in [3.63, 3.8) is 0 Å². The Labute approximate surface area is 109 Å². The number of rotatable bonds is 5. The Morgan fingerprint density at radius 1 is 1.33 bits per heavy atom. The second kappa shape index (κ2) is 6.88. The highest BCUT2D eigenvalue weighted by Gasteiger charge is 2.21. The normalized spacial score (nSPS) is 18.8. The molecule has 3 nitrogen and oxygen atoms in total. The molecule has 0 aromatic heterocycles. The van der Waals surface area contributed by atoms with Gasteiger partial charge in [-0.25, -0.2) is 0 Å². The summed E-state index contributed by atoms with van der Waals surface area (Å²) < 4.78 is 11.6. The number of aryl methyl sites for hydroxylation is 1. The monoisotopic (exact) mass is 249 g/mol. The van der Waals surface area contributed by atoms with Crippen LogP contribution in [0.25, 0.3) is 0 Å². The molecule has 0 aliphatic carbocycles. The van der Waals surface area contributed by atoms with Crippen LogP contribution in [0.4, 0.5) is 0 Å². The molecule has 100 valence electrons. The largest absolute Gasteiger partial charge is 0.381 e. The van der Waals surface area contributed by atoms with Gasteiger partial charge in [0.1, 0.15) is 0 Å². The first-order chi connectivity index (χ1) is 8.81. The molecule has 1 unspecified atom stereocenters. The highest BCUT2D eigenvalue weighted by atomic mass is 16.5. The minimum absolute atomic E-state index is 0.138. The molecule has 18 heavy (non-hydrogen) atoms. The molecule has 0 radical (unpaired) electrons. The van der Waals surface area contributed by atoms with Gasteiger partial charge >= 0.3 is 0 Å². The van der Waals surface area contributed by atoms with E-state index in [1.807, 2.05) is 7.05 Å². The fraction of sp³-hybridized carbons (Fsp3) is 0.600. The third-order valence-corrected chi connectivity index (χ3v) is 3.45. The summed E-state index contributed by atoms with van der Waals surface area (Å²) in [6.07, 6.45) is 2.48. The molecule has 1 fully saturated rings. The Bertz CT molecular complexity index is 361. The van der Waals surface area contributed by atoms with Crippen molar-refractivity contribution in [3.8, 4) is 0 Å². The fourth-order valence-corrected chi connectivity index (χ4v) is 2.41. The van der Waals surface area contributed by atoms with E-state index in [9.17, 15) is 0 Å². The molecule has 0 saturated carbocycles. The van der Waals surface area contributed by atoms with Gasteiger partial charge in [-0.15, -0.1) is 0 Å². The van der Waals surface area contributed by atoms with Crippen LogP contribution < -0.4 is 5.32 Å². The van der Waals surface area contributed by atoms with Gasteiger partial charge in [0.25, 0.3) is 0 Å². The van der Waals surface area contributed by atoms with Crippen LogP contribution in [-0.4, -0.2) is 32.9 Å². The lowest BCUT2D eigenvalue weighted by Crippen LogP contribution is -2.29. The second-order valence-electron chi connectivity index (χ2n) is 4.85. The van der Waals surface area contributed by atoms with Gasteiger partial charge in [0, 0.05) is 19.8 Å². The number of ether oxygens (including phenoxy) is 2. The summed E-state index contributed by atoms with van der Waals surface area (Å²) in [5, 5.41) is 3.23. The predicted molar refractivity (Wildman–Crippen MR) is 72.8 cm³/mol. The smallest absolute Gasteiger partial charge is 0.0955 e. The summed E-state index contributed by atoms with van der Waals surface area (Å²) in [5.41, 5.74) is 2.59. The van der Waals surface area contributed by atoms with Crippen LogP contribution >= 0.6 is 0 Å². The minimum atomic E-state index is 0.138. The van der Waals surface area contributed by atoms with E-state index in [-0.39, 0.29) is 6.10 Å². The highest BCUT2D eigenvalue weighted by Crippen LogP contribution is 2.25. The molecular weight excluding hydrogens is 226 g/mol. The zero-order valence-corrected chi connectivity index (χ0v) is 11.3. The molecule has 1 aromatic carbocycles. The summed E-state index contributed by atoms with van der Waals surface area (Å²) in [7, 11) is 1.97. The van der Waals surface area contributed by atoms with Crippen molar-refractivity contribution in [2.45, 2.75) is 32.0 Å². The van der Waals surface area contributed by atoms with Crippen LogP contribution in [0.15, 0.2) is 24.3 Å². The number of likely N-dealkylation sites (N-methyl/N-ethyl adjacent to an activating group) is 1. The number of hydrogen-bond acceptors (Lipinski definition) is 3. The van der Waals surface area contributed by atoms with Gasteiger partial charge < -0.3 is 14.8 Å². The zero-order valence-electron chi connectivity index (χ0n) is 11.3. The van der Waals surface area contributed by atoms with E-state index in [1.54, 1.807) is 0 Å². The van der Waals surface area contributed by atoms with E-state index in [0.29, 0.717) is 6.10 Å². The van der Waals surface area contributed by atoms with E-state index in [2.05, 4.69) is 36.5 Å². The fourth-order valence-electron chi connectivity index (χ4n) is 2.41. The Hall–Kier alpha value is -0.900. The maximum absolute atomic E-state index is 6.26. The number of hydrogen-bond donors (Lipinski definition) is 1. The van der Waals surface area contributed by atoms with E-state index < -0.39 is 0 Å². The van der Waals surface area contributed by atoms with Crippen LogP contribution in [0.3, 0.4) is 0 Å². The van der Waals surface area contributed by atoms with Crippen molar-refractivity contribution >= 4 is 0 Å². The van der Waals surface area contributed by atoms with Crippen molar-refractivity contribution in [1.29, 1.82) is 0 Å². The van der Waals surface area contributed by atoms with Gasteiger partial charge in [-0.3, -0.25) is 0 Å². The molecule has 1 atom stereocenters. The van der Waals surface area contributed by atoms with Gasteiger partial charge in [-0.1, -0.05) is 24.3 Å². The molecular formula is C15H23NO2. The van der Waals surface area contributed by atoms with Crippen LogP contribution in [0, 0.1) is 6.92 Å². The maximum Gasteiger partial charge on any atom is 0.0955 e. The van der Waals surface area contributed by atoms with Gasteiger partial charge in [-0.05, 0) is 37.9 Å². The second-order valence-corrected chi connectivity index (χ2v) is 4.85. The Morgan fingerprint density at radius 2 is 2.06 bits per heavy atom. The molecule has 1 saturated heterocycles. The van der Waals surface area contributed by atoms with Crippen molar-refractivity contribution in [2.24, 2.45) is 0 Å². The molecule has 0 amide bonds. The first-order valence-corrected chi connectivity index (χ1v) is 6.74. The summed E-state index contributed by atoms with van der Waals surface area (Å²) in [6.45, 7) is 4.64. The molecule has 1 aliphatic rings. The SMILES string of the molecule is CNCC(OC1CCOCC1)c1ccccc1C. The molecule has 0 bridgehead atoms. The summed E-state index contributed by atoms with van der Waals surface area (Å²) in [5.74, 6) is 0. The summed E-state index contributed by atoms with van der Waals surface area (Å²) in [6, 6.07) is 8.46. The molecule has 1 aromatic rings. The third kappa shape index (κ3) is 3.55. The molecule has 1 N–H and O–H groups in total. The first-order valence-electron chi connectivity index (χ1n) is 6.74. The molecule has 1 aliphatic heterocycles.